The molecule has 0 unspecified atom stereocenters. The number of hydrogen-bond acceptors (Lipinski definition) is 3. The van der Waals surface area contributed by atoms with E-state index < -0.39 is 0 Å². The van der Waals surface area contributed by atoms with E-state index in [1.807, 2.05) is 14.1 Å². The average molecular weight is 527 g/mol. The van der Waals surface area contributed by atoms with Gasteiger partial charge in [-0.2, -0.15) is 0 Å². The predicted octanol–water partition coefficient (Wildman–Crippen LogP) is 2.74. The van der Waals surface area contributed by atoms with Crippen molar-refractivity contribution in [2.24, 2.45) is 10.4 Å². The van der Waals surface area contributed by atoms with Gasteiger partial charge in [-0.15, -0.1) is 24.0 Å². The lowest BCUT2D eigenvalue weighted by Gasteiger charge is -2.33. The van der Waals surface area contributed by atoms with Crippen LogP contribution in [0, 0.1) is 5.41 Å². The van der Waals surface area contributed by atoms with E-state index in [2.05, 4.69) is 52.8 Å². The molecule has 0 atom stereocenters. The highest BCUT2D eigenvalue weighted by Gasteiger charge is 2.42. The minimum absolute atomic E-state index is 0. The molecule has 1 saturated heterocycles. The molecule has 0 radical (unpaired) electrons. The monoisotopic (exact) mass is 527 g/mol. The number of rotatable bonds is 8. The Morgan fingerprint density at radius 3 is 2.43 bits per heavy atom. The van der Waals surface area contributed by atoms with E-state index in [9.17, 15) is 4.79 Å². The number of carbonyl (C=O) groups is 1. The molecule has 168 valence electrons. The topological polar surface area (TPSA) is 60.0 Å². The molecule has 1 saturated carbocycles. The summed E-state index contributed by atoms with van der Waals surface area (Å²) in [5.41, 5.74) is 1.76. The maximum absolute atomic E-state index is 11.9. The van der Waals surface area contributed by atoms with E-state index in [0.717, 1.165) is 51.4 Å². The summed E-state index contributed by atoms with van der Waals surface area (Å²) >= 11 is 0. The lowest BCUT2D eigenvalue weighted by atomic mass is 9.97. The summed E-state index contributed by atoms with van der Waals surface area (Å²) in [5.74, 6) is 1.12. The van der Waals surface area contributed by atoms with Crippen molar-refractivity contribution < 1.29 is 4.79 Å². The zero-order valence-corrected chi connectivity index (χ0v) is 21.0. The van der Waals surface area contributed by atoms with Crippen molar-refractivity contribution in [3.8, 4) is 0 Å². The van der Waals surface area contributed by atoms with Crippen molar-refractivity contribution in [1.82, 2.24) is 20.4 Å². The van der Waals surface area contributed by atoms with Crippen molar-refractivity contribution in [1.29, 1.82) is 0 Å². The zero-order valence-electron chi connectivity index (χ0n) is 18.7. The summed E-state index contributed by atoms with van der Waals surface area (Å²) in [6, 6.07) is 11.2. The second-order valence-corrected chi connectivity index (χ2v) is 8.84. The van der Waals surface area contributed by atoms with Crippen molar-refractivity contribution in [3.05, 3.63) is 35.9 Å². The SMILES string of the molecule is CCNC(=NCC1(Cc2ccccc2)CC1)NC1CCN(CC(=O)N(C)C)CC1.I. The molecule has 3 rings (SSSR count). The normalized spacial score (nSPS) is 19.0. The van der Waals surface area contributed by atoms with Gasteiger partial charge in [0.1, 0.15) is 0 Å². The number of halogens is 1. The van der Waals surface area contributed by atoms with Crippen molar-refractivity contribution in [2.45, 2.75) is 45.1 Å². The minimum atomic E-state index is 0. The third-order valence-corrected chi connectivity index (χ3v) is 6.08. The van der Waals surface area contributed by atoms with Gasteiger partial charge in [-0.3, -0.25) is 14.7 Å². The number of guanidine groups is 1. The lowest BCUT2D eigenvalue weighted by Crippen LogP contribution is -2.50. The Bertz CT molecular complexity index is 682. The van der Waals surface area contributed by atoms with Crippen LogP contribution in [0.2, 0.25) is 0 Å². The second kappa shape index (κ2) is 11.9. The van der Waals surface area contributed by atoms with E-state index in [0.29, 0.717) is 18.0 Å². The van der Waals surface area contributed by atoms with Gasteiger partial charge in [0.2, 0.25) is 5.91 Å². The first kappa shape index (κ1) is 24.9. The molecular formula is C23H38IN5O. The zero-order chi connectivity index (χ0) is 20.7. The molecule has 1 amide bonds. The standard InChI is InChI=1S/C23H37N5O.HI/c1-4-24-22(25-18-23(12-13-23)16-19-8-6-5-7-9-19)26-20-10-14-28(15-11-20)17-21(29)27(2)3;/h5-9,20H,4,10-18H2,1-3H3,(H2,24,25,26);1H. The number of nitrogens with zero attached hydrogens (tertiary/aromatic N) is 3. The molecule has 1 heterocycles. The van der Waals surface area contributed by atoms with Gasteiger partial charge in [-0.1, -0.05) is 30.3 Å². The fourth-order valence-electron chi connectivity index (χ4n) is 3.92. The predicted molar refractivity (Wildman–Crippen MR) is 134 cm³/mol. The Balaban J connectivity index is 0.00000320. The highest BCUT2D eigenvalue weighted by Crippen LogP contribution is 2.48. The van der Waals surface area contributed by atoms with Crippen LogP contribution in [-0.2, 0) is 11.2 Å². The number of hydrogen-bond donors (Lipinski definition) is 2. The van der Waals surface area contributed by atoms with Gasteiger partial charge in [0, 0.05) is 46.3 Å². The molecule has 2 N–H and O–H groups in total. The minimum Gasteiger partial charge on any atom is -0.357 e. The number of carbonyl (C=O) groups excluding carboxylic acids is 1. The Morgan fingerprint density at radius 2 is 1.87 bits per heavy atom. The summed E-state index contributed by atoms with van der Waals surface area (Å²) < 4.78 is 0. The summed E-state index contributed by atoms with van der Waals surface area (Å²) in [7, 11) is 3.64. The first-order valence-electron chi connectivity index (χ1n) is 11.0. The van der Waals surface area contributed by atoms with Crippen LogP contribution in [0.5, 0.6) is 0 Å². The van der Waals surface area contributed by atoms with E-state index in [1.165, 1.54) is 18.4 Å². The summed E-state index contributed by atoms with van der Waals surface area (Å²) in [6.07, 6.45) is 5.74. The van der Waals surface area contributed by atoms with Gasteiger partial charge >= 0.3 is 0 Å². The Labute approximate surface area is 198 Å². The number of aliphatic imine (C=N–C) groups is 1. The van der Waals surface area contributed by atoms with Crippen LogP contribution in [0.15, 0.2) is 35.3 Å². The molecule has 1 aromatic carbocycles. The molecule has 1 aliphatic carbocycles. The molecule has 0 spiro atoms. The quantitative estimate of drug-likeness (QED) is 0.310. The Kier molecular flexibility index (Phi) is 9.87. The van der Waals surface area contributed by atoms with E-state index in [1.54, 1.807) is 4.90 Å². The Morgan fingerprint density at radius 1 is 1.20 bits per heavy atom. The molecule has 7 heteroatoms. The number of likely N-dealkylation sites (N-methyl/N-ethyl adjacent to an activating group) is 1. The number of likely N-dealkylation sites (tertiary alicyclic amines) is 1. The van der Waals surface area contributed by atoms with Crippen LogP contribution in [0.25, 0.3) is 0 Å². The van der Waals surface area contributed by atoms with Gasteiger partial charge in [0.25, 0.3) is 0 Å². The highest BCUT2D eigenvalue weighted by molar-refractivity contribution is 14.0. The second-order valence-electron chi connectivity index (χ2n) is 8.84. The summed E-state index contributed by atoms with van der Waals surface area (Å²) in [5, 5.41) is 7.05. The maximum Gasteiger partial charge on any atom is 0.236 e. The molecule has 2 aliphatic rings. The van der Waals surface area contributed by atoms with Crippen LogP contribution in [0.1, 0.15) is 38.2 Å². The number of benzene rings is 1. The average Bonchev–Trinajstić information content (AvgIpc) is 3.48. The van der Waals surface area contributed by atoms with Crippen molar-refractivity contribution in [3.63, 3.8) is 0 Å². The van der Waals surface area contributed by atoms with E-state index >= 15 is 0 Å². The first-order chi connectivity index (χ1) is 14.0. The molecule has 2 fully saturated rings. The first-order valence-corrected chi connectivity index (χ1v) is 11.0. The van der Waals surface area contributed by atoms with E-state index in [-0.39, 0.29) is 29.9 Å². The third-order valence-electron chi connectivity index (χ3n) is 6.08. The molecule has 6 nitrogen and oxygen atoms in total. The maximum atomic E-state index is 11.9. The van der Waals surface area contributed by atoms with Gasteiger partial charge in [-0.05, 0) is 50.0 Å². The smallest absolute Gasteiger partial charge is 0.236 e. The fourth-order valence-corrected chi connectivity index (χ4v) is 3.92. The van der Waals surface area contributed by atoms with Crippen LogP contribution in [0.4, 0.5) is 0 Å². The highest BCUT2D eigenvalue weighted by atomic mass is 127. The van der Waals surface area contributed by atoms with Crippen LogP contribution < -0.4 is 10.6 Å². The van der Waals surface area contributed by atoms with Gasteiger partial charge in [0.05, 0.1) is 6.54 Å². The van der Waals surface area contributed by atoms with E-state index in [4.69, 9.17) is 4.99 Å². The van der Waals surface area contributed by atoms with Crippen molar-refractivity contribution >= 4 is 35.8 Å². The molecular weight excluding hydrogens is 489 g/mol. The van der Waals surface area contributed by atoms with Crippen LogP contribution in [0.3, 0.4) is 0 Å². The molecule has 30 heavy (non-hydrogen) atoms. The van der Waals surface area contributed by atoms with Gasteiger partial charge in [-0.25, -0.2) is 0 Å². The summed E-state index contributed by atoms with van der Waals surface area (Å²) in [4.78, 5) is 20.8. The largest absolute Gasteiger partial charge is 0.357 e. The molecule has 1 aliphatic heterocycles. The molecule has 0 bridgehead atoms. The number of amides is 1. The van der Waals surface area contributed by atoms with Gasteiger partial charge in [0.15, 0.2) is 5.96 Å². The fraction of sp³-hybridized carbons (Fsp3) is 0.652. The molecule has 1 aromatic rings. The van der Waals surface area contributed by atoms with Gasteiger partial charge < -0.3 is 15.5 Å². The molecule has 0 aromatic heterocycles. The third kappa shape index (κ3) is 7.72. The van der Waals surface area contributed by atoms with Crippen LogP contribution >= 0.6 is 24.0 Å². The Hall–Kier alpha value is -1.35. The number of nitrogens with one attached hydrogen (secondary N) is 2. The summed E-state index contributed by atoms with van der Waals surface area (Å²) in [6.45, 7) is 6.30. The lowest BCUT2D eigenvalue weighted by molar-refractivity contribution is -0.130. The van der Waals surface area contributed by atoms with Crippen LogP contribution in [-0.4, -0.2) is 74.5 Å². The van der Waals surface area contributed by atoms with Crippen molar-refractivity contribution in [2.75, 3.05) is 46.8 Å². The number of piperidine rings is 1.